The molecule has 1 nitrogen and oxygen atoms in total. The topological polar surface area (TPSA) is 17.1 Å². The zero-order valence-electron chi connectivity index (χ0n) is 10.6. The van der Waals surface area contributed by atoms with Crippen LogP contribution in [0.3, 0.4) is 0 Å². The van der Waals surface area contributed by atoms with Gasteiger partial charge in [0, 0.05) is 5.41 Å². The molecule has 0 heterocycles. The molecule has 2 bridgehead atoms. The molecule has 4 rings (SSSR count). The molecule has 1 heteroatoms. The predicted octanol–water partition coefficient (Wildman–Crippen LogP) is 3.59. The van der Waals surface area contributed by atoms with E-state index in [9.17, 15) is 4.79 Å². The molecule has 0 aliphatic heterocycles. The number of aldehydes is 1. The second kappa shape index (κ2) is 2.80. The van der Waals surface area contributed by atoms with Crippen LogP contribution in [0.4, 0.5) is 0 Å². The minimum Gasteiger partial charge on any atom is -0.303 e. The Kier molecular flexibility index (Phi) is 1.85. The van der Waals surface area contributed by atoms with Crippen LogP contribution in [0.5, 0.6) is 0 Å². The monoisotopic (exact) mass is 218 g/mol. The molecule has 2 saturated carbocycles. The molecule has 88 valence electrons. The van der Waals surface area contributed by atoms with Crippen molar-refractivity contribution >= 4 is 6.29 Å². The molecule has 0 unspecified atom stereocenters. The summed E-state index contributed by atoms with van der Waals surface area (Å²) in [5.74, 6) is 1.36. The van der Waals surface area contributed by atoms with Crippen LogP contribution in [0.25, 0.3) is 0 Å². The molecule has 2 fully saturated rings. The fourth-order valence-electron chi connectivity index (χ4n) is 4.90. The van der Waals surface area contributed by atoms with Gasteiger partial charge in [0.05, 0.1) is 0 Å². The quantitative estimate of drug-likeness (QED) is 0.485. The maximum atomic E-state index is 11.7. The molecular weight excluding hydrogens is 196 g/mol. The molecular formula is C15H22O. The molecule has 0 amide bonds. The van der Waals surface area contributed by atoms with Crippen molar-refractivity contribution in [2.24, 2.45) is 28.1 Å². The van der Waals surface area contributed by atoms with Crippen LogP contribution in [-0.4, -0.2) is 6.29 Å². The zero-order valence-corrected chi connectivity index (χ0v) is 10.6. The minimum absolute atomic E-state index is 0.116. The van der Waals surface area contributed by atoms with Gasteiger partial charge in [-0.2, -0.15) is 0 Å². The summed E-state index contributed by atoms with van der Waals surface area (Å²) in [5, 5.41) is 0. The fraction of sp³-hybridized carbons (Fsp3) is 0.800. The third-order valence-electron chi connectivity index (χ3n) is 6.49. The van der Waals surface area contributed by atoms with Crippen LogP contribution in [0.1, 0.15) is 46.5 Å². The normalized spacial score (nSPS) is 58.7. The van der Waals surface area contributed by atoms with Crippen molar-refractivity contribution in [1.82, 2.24) is 0 Å². The van der Waals surface area contributed by atoms with Gasteiger partial charge in [0.1, 0.15) is 6.29 Å². The Bertz CT molecular complexity index is 372. The average Bonchev–Trinajstić information content (AvgIpc) is 2.61. The molecule has 0 radical (unpaired) electrons. The highest BCUT2D eigenvalue weighted by molar-refractivity contribution is 5.64. The minimum atomic E-state index is -0.120. The predicted molar refractivity (Wildman–Crippen MR) is 65.0 cm³/mol. The Hall–Kier alpha value is -0.590. The first-order chi connectivity index (χ1) is 7.48. The Labute approximate surface area is 98.3 Å². The van der Waals surface area contributed by atoms with Gasteiger partial charge in [0.15, 0.2) is 0 Å². The lowest BCUT2D eigenvalue weighted by Crippen LogP contribution is -2.56. The van der Waals surface area contributed by atoms with E-state index in [1.165, 1.54) is 32.0 Å². The first kappa shape index (κ1) is 10.6. The summed E-state index contributed by atoms with van der Waals surface area (Å²) in [6.07, 6.45) is 11.2. The summed E-state index contributed by atoms with van der Waals surface area (Å²) < 4.78 is 0. The third kappa shape index (κ3) is 0.881. The second-order valence-electron chi connectivity index (χ2n) is 6.79. The molecule has 5 atom stereocenters. The van der Waals surface area contributed by atoms with Gasteiger partial charge in [0.2, 0.25) is 0 Å². The highest BCUT2D eigenvalue weighted by Gasteiger charge is 2.65. The molecule has 0 aromatic rings. The molecule has 16 heavy (non-hydrogen) atoms. The third-order valence-corrected chi connectivity index (χ3v) is 6.49. The number of hydrogen-bond acceptors (Lipinski definition) is 1. The largest absolute Gasteiger partial charge is 0.303 e. The molecule has 0 saturated heterocycles. The summed E-state index contributed by atoms with van der Waals surface area (Å²) in [7, 11) is 0. The van der Waals surface area contributed by atoms with Crippen LogP contribution < -0.4 is 0 Å². The van der Waals surface area contributed by atoms with E-state index in [-0.39, 0.29) is 10.8 Å². The van der Waals surface area contributed by atoms with Gasteiger partial charge >= 0.3 is 0 Å². The Balaban J connectivity index is 2.19. The lowest BCUT2D eigenvalue weighted by molar-refractivity contribution is -0.138. The lowest BCUT2D eigenvalue weighted by atomic mass is 9.42. The molecule has 0 N–H and O–H groups in total. The summed E-state index contributed by atoms with van der Waals surface area (Å²) in [6, 6.07) is 0. The number of carbonyl (C=O) groups is 1. The number of hydrogen-bond donors (Lipinski definition) is 0. The van der Waals surface area contributed by atoms with E-state index < -0.39 is 0 Å². The van der Waals surface area contributed by atoms with Gasteiger partial charge < -0.3 is 4.79 Å². The second-order valence-corrected chi connectivity index (χ2v) is 6.79. The van der Waals surface area contributed by atoms with Gasteiger partial charge in [-0.3, -0.25) is 0 Å². The fourth-order valence-corrected chi connectivity index (χ4v) is 4.90. The maximum Gasteiger partial charge on any atom is 0.127 e. The van der Waals surface area contributed by atoms with E-state index in [0.717, 1.165) is 5.92 Å². The molecule has 0 aromatic carbocycles. The smallest absolute Gasteiger partial charge is 0.127 e. The van der Waals surface area contributed by atoms with E-state index in [0.29, 0.717) is 11.3 Å². The van der Waals surface area contributed by atoms with Crippen molar-refractivity contribution < 1.29 is 4.79 Å². The molecule has 0 aromatic heterocycles. The van der Waals surface area contributed by atoms with E-state index in [2.05, 4.69) is 32.9 Å². The Morgan fingerprint density at radius 2 is 1.94 bits per heavy atom. The summed E-state index contributed by atoms with van der Waals surface area (Å²) in [5.41, 5.74) is 0.351. The Morgan fingerprint density at radius 1 is 1.19 bits per heavy atom. The highest BCUT2D eigenvalue weighted by Crippen LogP contribution is 2.70. The standard InChI is InChI=1S/C15H22O/c1-11-4-5-12-14(3,10-16)13(2)6-8-15(11,12)9-7-13/h6,8,10-12H,4-5,7,9H2,1-3H3/t11-,12-,13+,14-,15-/m0/s1. The van der Waals surface area contributed by atoms with Crippen LogP contribution in [-0.2, 0) is 4.79 Å². The van der Waals surface area contributed by atoms with Crippen molar-refractivity contribution in [3.8, 4) is 0 Å². The van der Waals surface area contributed by atoms with Crippen LogP contribution in [0.15, 0.2) is 12.2 Å². The Morgan fingerprint density at radius 3 is 2.50 bits per heavy atom. The molecule has 4 aliphatic carbocycles. The van der Waals surface area contributed by atoms with Crippen molar-refractivity contribution in [1.29, 1.82) is 0 Å². The lowest BCUT2D eigenvalue weighted by Gasteiger charge is -2.60. The first-order valence-electron chi connectivity index (χ1n) is 6.65. The van der Waals surface area contributed by atoms with Crippen molar-refractivity contribution in [3.05, 3.63) is 12.2 Å². The van der Waals surface area contributed by atoms with Crippen LogP contribution in [0.2, 0.25) is 0 Å². The SMILES string of the molecule is C[C@H]1CC[C@@H]2[C@]13C=C[C@](C)(CC3)[C@@]2(C)C=O. The summed E-state index contributed by atoms with van der Waals surface area (Å²) in [6.45, 7) is 6.87. The summed E-state index contributed by atoms with van der Waals surface area (Å²) in [4.78, 5) is 11.7. The molecule has 1 spiro atoms. The average molecular weight is 218 g/mol. The van der Waals surface area contributed by atoms with E-state index in [4.69, 9.17) is 0 Å². The highest BCUT2D eigenvalue weighted by atomic mass is 16.1. The summed E-state index contributed by atoms with van der Waals surface area (Å²) >= 11 is 0. The number of rotatable bonds is 1. The van der Waals surface area contributed by atoms with Crippen LogP contribution in [0, 0.1) is 28.1 Å². The van der Waals surface area contributed by atoms with Crippen molar-refractivity contribution in [3.63, 3.8) is 0 Å². The zero-order chi connectivity index (χ0) is 11.6. The number of carbonyl (C=O) groups excluding carboxylic acids is 1. The van der Waals surface area contributed by atoms with Crippen LogP contribution >= 0.6 is 0 Å². The number of fused-ring (bicyclic) bond motifs is 1. The van der Waals surface area contributed by atoms with Crippen molar-refractivity contribution in [2.75, 3.05) is 0 Å². The van der Waals surface area contributed by atoms with E-state index in [1.54, 1.807) is 0 Å². The van der Waals surface area contributed by atoms with E-state index in [1.807, 2.05) is 0 Å². The van der Waals surface area contributed by atoms with Gasteiger partial charge in [-0.1, -0.05) is 32.9 Å². The molecule has 4 aliphatic rings. The number of allylic oxidation sites excluding steroid dienone is 2. The van der Waals surface area contributed by atoms with E-state index >= 15 is 0 Å². The van der Waals surface area contributed by atoms with Crippen molar-refractivity contribution in [2.45, 2.75) is 46.5 Å². The van der Waals surface area contributed by atoms with Gasteiger partial charge in [0.25, 0.3) is 0 Å². The van der Waals surface area contributed by atoms with Gasteiger partial charge in [-0.25, -0.2) is 0 Å². The maximum absolute atomic E-state index is 11.7. The van der Waals surface area contributed by atoms with Gasteiger partial charge in [-0.15, -0.1) is 0 Å². The van der Waals surface area contributed by atoms with Gasteiger partial charge in [-0.05, 0) is 48.3 Å². The first-order valence-corrected chi connectivity index (χ1v) is 6.65.